The molecule has 0 bridgehead atoms. The molecule has 5 nitrogen and oxygen atoms in total. The molecule has 0 aliphatic carbocycles. The van der Waals surface area contributed by atoms with E-state index in [0.717, 1.165) is 0 Å². The predicted octanol–water partition coefficient (Wildman–Crippen LogP) is -0.434. The first kappa shape index (κ1) is 9.98. The number of esters is 1. The Kier molecular flexibility index (Phi) is 3.25. The van der Waals surface area contributed by atoms with Crippen LogP contribution in [0.25, 0.3) is 0 Å². The van der Waals surface area contributed by atoms with E-state index >= 15 is 0 Å². The highest BCUT2D eigenvalue weighted by atomic mass is 16.5. The number of hydrogen-bond donors (Lipinski definition) is 1. The molecule has 1 aliphatic rings. The number of cyclic esters (lactones) is 1. The van der Waals surface area contributed by atoms with E-state index < -0.39 is 11.9 Å². The number of rotatable bonds is 3. The minimum absolute atomic E-state index is 0.206. The van der Waals surface area contributed by atoms with Crippen LogP contribution in [0.5, 0.6) is 0 Å². The Bertz CT molecular complexity index is 216. The fraction of sp³-hybridized carbons (Fsp3) is 0.750. The average molecular weight is 187 g/mol. The van der Waals surface area contributed by atoms with Crippen LogP contribution >= 0.6 is 0 Å². The highest BCUT2D eigenvalue weighted by Crippen LogP contribution is 2.03. The summed E-state index contributed by atoms with van der Waals surface area (Å²) in [4.78, 5) is 23.1. The lowest BCUT2D eigenvalue weighted by Gasteiger charge is -2.26. The second-order valence-corrected chi connectivity index (χ2v) is 3.19. The molecule has 0 saturated carbocycles. The van der Waals surface area contributed by atoms with Gasteiger partial charge in [0, 0.05) is 13.1 Å². The number of nitrogens with zero attached hydrogens (tertiary/aromatic N) is 1. The van der Waals surface area contributed by atoms with Crippen molar-refractivity contribution in [2.24, 2.45) is 5.92 Å². The molecule has 5 heteroatoms. The third-order valence-corrected chi connectivity index (χ3v) is 1.98. The van der Waals surface area contributed by atoms with E-state index in [9.17, 15) is 9.59 Å². The maximum Gasteiger partial charge on any atom is 0.320 e. The Morgan fingerprint density at radius 3 is 3.00 bits per heavy atom. The van der Waals surface area contributed by atoms with Crippen LogP contribution in [0, 0.1) is 5.92 Å². The molecule has 1 atom stereocenters. The van der Waals surface area contributed by atoms with E-state index in [1.165, 1.54) is 0 Å². The van der Waals surface area contributed by atoms with Crippen LogP contribution < -0.4 is 0 Å². The van der Waals surface area contributed by atoms with Crippen molar-refractivity contribution in [3.8, 4) is 0 Å². The summed E-state index contributed by atoms with van der Waals surface area (Å²) in [6.07, 6.45) is 0. The van der Waals surface area contributed by atoms with Gasteiger partial charge in [0.25, 0.3) is 0 Å². The lowest BCUT2D eigenvalue weighted by atomic mass is 10.1. The van der Waals surface area contributed by atoms with E-state index in [0.29, 0.717) is 19.7 Å². The molecule has 1 fully saturated rings. The van der Waals surface area contributed by atoms with E-state index in [1.807, 2.05) is 0 Å². The zero-order valence-corrected chi connectivity index (χ0v) is 7.52. The highest BCUT2D eigenvalue weighted by Gasteiger charge is 2.21. The van der Waals surface area contributed by atoms with Gasteiger partial charge >= 0.3 is 11.9 Å². The topological polar surface area (TPSA) is 66.8 Å². The first-order valence-electron chi connectivity index (χ1n) is 4.20. The van der Waals surface area contributed by atoms with Crippen LogP contribution in [0.1, 0.15) is 6.92 Å². The summed E-state index contributed by atoms with van der Waals surface area (Å²) in [5.74, 6) is -1.55. The van der Waals surface area contributed by atoms with Gasteiger partial charge in [-0.3, -0.25) is 14.5 Å². The first-order chi connectivity index (χ1) is 6.09. The molecule has 1 aliphatic heterocycles. The van der Waals surface area contributed by atoms with Crippen molar-refractivity contribution in [3.05, 3.63) is 0 Å². The summed E-state index contributed by atoms with van der Waals surface area (Å²) >= 11 is 0. The molecule has 1 N–H and O–H groups in total. The van der Waals surface area contributed by atoms with Gasteiger partial charge in [-0.1, -0.05) is 6.92 Å². The third-order valence-electron chi connectivity index (χ3n) is 1.98. The van der Waals surface area contributed by atoms with Crippen molar-refractivity contribution in [3.63, 3.8) is 0 Å². The molecular formula is C8H13NO4. The predicted molar refractivity (Wildman–Crippen MR) is 44.2 cm³/mol. The van der Waals surface area contributed by atoms with Crippen LogP contribution in [0.15, 0.2) is 0 Å². The summed E-state index contributed by atoms with van der Waals surface area (Å²) in [6.45, 7) is 3.23. The molecule has 0 radical (unpaired) electrons. The number of ether oxygens (including phenoxy) is 1. The first-order valence-corrected chi connectivity index (χ1v) is 4.20. The smallest absolute Gasteiger partial charge is 0.320 e. The summed E-state index contributed by atoms with van der Waals surface area (Å²) < 4.78 is 4.72. The van der Waals surface area contributed by atoms with E-state index in [4.69, 9.17) is 9.84 Å². The van der Waals surface area contributed by atoms with Crippen LogP contribution in [-0.4, -0.2) is 48.2 Å². The lowest BCUT2D eigenvalue weighted by molar-refractivity contribution is -0.152. The quantitative estimate of drug-likeness (QED) is 0.607. The van der Waals surface area contributed by atoms with Gasteiger partial charge in [-0.2, -0.15) is 0 Å². The summed E-state index contributed by atoms with van der Waals surface area (Å²) in [7, 11) is 0. The lowest BCUT2D eigenvalue weighted by Crippen LogP contribution is -2.42. The van der Waals surface area contributed by atoms with Gasteiger partial charge in [0.05, 0.1) is 12.5 Å². The van der Waals surface area contributed by atoms with Crippen molar-refractivity contribution < 1.29 is 19.4 Å². The molecule has 0 aromatic heterocycles. The number of carboxylic acids is 1. The molecule has 1 unspecified atom stereocenters. The van der Waals surface area contributed by atoms with Gasteiger partial charge in [0.2, 0.25) is 0 Å². The van der Waals surface area contributed by atoms with Crippen molar-refractivity contribution in [1.82, 2.24) is 4.90 Å². The van der Waals surface area contributed by atoms with Gasteiger partial charge in [-0.25, -0.2) is 0 Å². The molecule has 74 valence electrons. The Hall–Kier alpha value is -1.10. The van der Waals surface area contributed by atoms with Crippen molar-refractivity contribution >= 4 is 11.9 Å². The van der Waals surface area contributed by atoms with Gasteiger partial charge in [0.1, 0.15) is 6.61 Å². The van der Waals surface area contributed by atoms with E-state index in [2.05, 4.69) is 0 Å². The van der Waals surface area contributed by atoms with Crippen molar-refractivity contribution in [1.29, 1.82) is 0 Å². The summed E-state index contributed by atoms with van der Waals surface area (Å²) in [5.41, 5.74) is 0. The van der Waals surface area contributed by atoms with Crippen molar-refractivity contribution in [2.75, 3.05) is 26.2 Å². The highest BCUT2D eigenvalue weighted by molar-refractivity contribution is 5.73. The minimum Gasteiger partial charge on any atom is -0.481 e. The zero-order valence-electron chi connectivity index (χ0n) is 7.52. The average Bonchev–Trinajstić information content (AvgIpc) is 2.04. The molecule has 0 amide bonds. The molecule has 0 spiro atoms. The molecule has 1 saturated heterocycles. The maximum absolute atomic E-state index is 10.8. The normalized spacial score (nSPS) is 20.8. The Morgan fingerprint density at radius 2 is 2.46 bits per heavy atom. The molecule has 1 heterocycles. The minimum atomic E-state index is -0.834. The second-order valence-electron chi connectivity index (χ2n) is 3.19. The number of morpholine rings is 1. The summed E-state index contributed by atoms with van der Waals surface area (Å²) in [6, 6.07) is 0. The summed E-state index contributed by atoms with van der Waals surface area (Å²) in [5, 5.41) is 8.64. The van der Waals surface area contributed by atoms with Gasteiger partial charge in [0.15, 0.2) is 0 Å². The fourth-order valence-electron chi connectivity index (χ4n) is 1.22. The fourth-order valence-corrected chi connectivity index (χ4v) is 1.22. The third kappa shape index (κ3) is 3.02. The van der Waals surface area contributed by atoms with Gasteiger partial charge < -0.3 is 9.84 Å². The van der Waals surface area contributed by atoms with Crippen LogP contribution in [0.2, 0.25) is 0 Å². The van der Waals surface area contributed by atoms with Gasteiger partial charge in [-0.15, -0.1) is 0 Å². The molecular weight excluding hydrogens is 174 g/mol. The molecule has 0 aromatic rings. The monoisotopic (exact) mass is 187 g/mol. The number of carbonyl (C=O) groups excluding carboxylic acids is 1. The van der Waals surface area contributed by atoms with Crippen LogP contribution in [-0.2, 0) is 14.3 Å². The Balaban J connectivity index is 2.35. The zero-order chi connectivity index (χ0) is 9.84. The number of carbonyl (C=O) groups is 2. The van der Waals surface area contributed by atoms with E-state index in [1.54, 1.807) is 11.8 Å². The largest absolute Gasteiger partial charge is 0.481 e. The van der Waals surface area contributed by atoms with Crippen molar-refractivity contribution in [2.45, 2.75) is 6.92 Å². The maximum atomic E-state index is 10.8. The molecule has 13 heavy (non-hydrogen) atoms. The van der Waals surface area contributed by atoms with Crippen LogP contribution in [0.4, 0.5) is 0 Å². The second kappa shape index (κ2) is 4.23. The Labute approximate surface area is 76.3 Å². The Morgan fingerprint density at radius 1 is 1.77 bits per heavy atom. The number of hydrogen-bond acceptors (Lipinski definition) is 4. The SMILES string of the molecule is CC(CN1CCOC(=O)C1)C(=O)O. The van der Waals surface area contributed by atoms with Gasteiger partial charge in [-0.05, 0) is 0 Å². The number of carboxylic acid groups (broad SMARTS) is 1. The standard InChI is InChI=1S/C8H13NO4/c1-6(8(11)12)4-9-2-3-13-7(10)5-9/h6H,2-5H2,1H3,(H,11,12). The van der Waals surface area contributed by atoms with Crippen LogP contribution in [0.3, 0.4) is 0 Å². The van der Waals surface area contributed by atoms with E-state index in [-0.39, 0.29) is 12.5 Å². The number of aliphatic carboxylic acids is 1. The molecule has 1 rings (SSSR count). The molecule has 0 aromatic carbocycles.